The lowest BCUT2D eigenvalue weighted by atomic mass is 9.98. The lowest BCUT2D eigenvalue weighted by Gasteiger charge is -2.30. The standard InChI is InChI=1S/C24H27N3O3/c1-17-11-13-26(14-12-17)24(28)21-16-27(18-7-5-4-6-8-18)25-23(21)20-15-19(29-2)9-10-22(20)30-3/h4-10,15-17H,11-14H2,1-3H3. The van der Waals surface area contributed by atoms with Crippen molar-refractivity contribution >= 4 is 5.91 Å². The average molecular weight is 405 g/mol. The van der Waals surface area contributed by atoms with Crippen LogP contribution in [0.1, 0.15) is 30.1 Å². The molecule has 1 aliphatic heterocycles. The van der Waals surface area contributed by atoms with Gasteiger partial charge in [0, 0.05) is 24.8 Å². The summed E-state index contributed by atoms with van der Waals surface area (Å²) in [4.78, 5) is 15.4. The van der Waals surface area contributed by atoms with Crippen LogP contribution >= 0.6 is 0 Å². The van der Waals surface area contributed by atoms with E-state index in [0.29, 0.717) is 28.7 Å². The summed E-state index contributed by atoms with van der Waals surface area (Å²) >= 11 is 0. The summed E-state index contributed by atoms with van der Waals surface area (Å²) in [7, 11) is 3.24. The Morgan fingerprint density at radius 1 is 1.03 bits per heavy atom. The number of ether oxygens (including phenoxy) is 2. The van der Waals surface area contributed by atoms with Gasteiger partial charge in [0.1, 0.15) is 17.2 Å². The van der Waals surface area contributed by atoms with E-state index in [0.717, 1.165) is 37.2 Å². The minimum atomic E-state index is 0.00366. The van der Waals surface area contributed by atoms with Crippen molar-refractivity contribution in [3.63, 3.8) is 0 Å². The number of piperidine rings is 1. The molecule has 0 unspecified atom stereocenters. The molecule has 0 bridgehead atoms. The van der Waals surface area contributed by atoms with Gasteiger partial charge in [0.2, 0.25) is 0 Å². The Hall–Kier alpha value is -3.28. The molecule has 6 heteroatoms. The van der Waals surface area contributed by atoms with Crippen LogP contribution in [0.2, 0.25) is 0 Å². The molecule has 4 rings (SSSR count). The Balaban J connectivity index is 1.83. The van der Waals surface area contributed by atoms with Gasteiger partial charge in [-0.3, -0.25) is 4.79 Å². The van der Waals surface area contributed by atoms with Crippen LogP contribution in [-0.2, 0) is 0 Å². The van der Waals surface area contributed by atoms with Crippen molar-refractivity contribution in [2.24, 2.45) is 5.92 Å². The maximum Gasteiger partial charge on any atom is 0.257 e. The lowest BCUT2D eigenvalue weighted by Crippen LogP contribution is -2.38. The normalized spacial score (nSPS) is 14.6. The molecule has 0 atom stereocenters. The molecular weight excluding hydrogens is 378 g/mol. The van der Waals surface area contributed by atoms with Gasteiger partial charge in [-0.2, -0.15) is 5.10 Å². The quantitative estimate of drug-likeness (QED) is 0.630. The van der Waals surface area contributed by atoms with E-state index in [4.69, 9.17) is 14.6 Å². The number of nitrogens with zero attached hydrogens (tertiary/aromatic N) is 3. The zero-order chi connectivity index (χ0) is 21.1. The van der Waals surface area contributed by atoms with Crippen LogP contribution < -0.4 is 9.47 Å². The highest BCUT2D eigenvalue weighted by Gasteiger charge is 2.27. The number of carbonyl (C=O) groups is 1. The first kappa shape index (κ1) is 20.0. The Morgan fingerprint density at radius 2 is 1.77 bits per heavy atom. The van der Waals surface area contributed by atoms with Crippen molar-refractivity contribution in [2.75, 3.05) is 27.3 Å². The van der Waals surface area contributed by atoms with Gasteiger partial charge in [0.05, 0.1) is 25.5 Å². The van der Waals surface area contributed by atoms with Crippen LogP contribution in [-0.4, -0.2) is 47.9 Å². The SMILES string of the molecule is COc1ccc(OC)c(-c2nn(-c3ccccc3)cc2C(=O)N2CCC(C)CC2)c1. The minimum absolute atomic E-state index is 0.00366. The molecule has 2 aromatic carbocycles. The number of hydrogen-bond acceptors (Lipinski definition) is 4. The summed E-state index contributed by atoms with van der Waals surface area (Å²) in [6.45, 7) is 3.78. The first-order valence-electron chi connectivity index (χ1n) is 10.3. The minimum Gasteiger partial charge on any atom is -0.497 e. The highest BCUT2D eigenvalue weighted by molar-refractivity contribution is 6.00. The molecule has 1 aliphatic rings. The Kier molecular flexibility index (Phi) is 5.74. The molecule has 1 amide bonds. The summed E-state index contributed by atoms with van der Waals surface area (Å²) in [5.74, 6) is 1.99. The second-order valence-corrected chi connectivity index (χ2v) is 7.71. The van der Waals surface area contributed by atoms with Gasteiger partial charge in [-0.1, -0.05) is 25.1 Å². The monoisotopic (exact) mass is 405 g/mol. The average Bonchev–Trinajstić information content (AvgIpc) is 3.24. The van der Waals surface area contributed by atoms with Crippen LogP contribution in [0.3, 0.4) is 0 Å². The van der Waals surface area contributed by atoms with E-state index in [9.17, 15) is 4.79 Å². The predicted molar refractivity (Wildman–Crippen MR) is 116 cm³/mol. The van der Waals surface area contributed by atoms with E-state index in [-0.39, 0.29) is 5.91 Å². The van der Waals surface area contributed by atoms with Crippen molar-refractivity contribution in [1.29, 1.82) is 0 Å². The van der Waals surface area contributed by atoms with Gasteiger partial charge in [0.25, 0.3) is 5.91 Å². The van der Waals surface area contributed by atoms with Gasteiger partial charge in [-0.15, -0.1) is 0 Å². The third kappa shape index (κ3) is 3.90. The number of methoxy groups -OCH3 is 2. The lowest BCUT2D eigenvalue weighted by molar-refractivity contribution is 0.0698. The van der Waals surface area contributed by atoms with Crippen molar-refractivity contribution in [3.8, 4) is 28.4 Å². The Bertz CT molecular complexity index is 1020. The largest absolute Gasteiger partial charge is 0.497 e. The van der Waals surface area contributed by atoms with Crippen LogP contribution in [0.4, 0.5) is 0 Å². The van der Waals surface area contributed by atoms with E-state index >= 15 is 0 Å². The molecule has 6 nitrogen and oxygen atoms in total. The molecule has 0 radical (unpaired) electrons. The van der Waals surface area contributed by atoms with Crippen molar-refractivity contribution in [3.05, 3.63) is 60.3 Å². The van der Waals surface area contributed by atoms with Gasteiger partial charge in [-0.05, 0) is 49.1 Å². The summed E-state index contributed by atoms with van der Waals surface area (Å²) < 4.78 is 12.7. The molecule has 30 heavy (non-hydrogen) atoms. The van der Waals surface area contributed by atoms with Crippen LogP contribution in [0.15, 0.2) is 54.7 Å². The predicted octanol–water partition coefficient (Wildman–Crippen LogP) is 4.43. The fraction of sp³-hybridized carbons (Fsp3) is 0.333. The number of para-hydroxylation sites is 1. The van der Waals surface area contributed by atoms with Gasteiger partial charge in [0.15, 0.2) is 0 Å². The summed E-state index contributed by atoms with van der Waals surface area (Å²) in [6.07, 6.45) is 3.87. The molecule has 0 saturated carbocycles. The number of amides is 1. The van der Waals surface area contributed by atoms with Crippen LogP contribution in [0.25, 0.3) is 16.9 Å². The first-order valence-corrected chi connectivity index (χ1v) is 10.3. The number of benzene rings is 2. The van der Waals surface area contributed by atoms with Crippen molar-refractivity contribution in [1.82, 2.24) is 14.7 Å². The highest BCUT2D eigenvalue weighted by Crippen LogP contribution is 2.35. The zero-order valence-electron chi connectivity index (χ0n) is 17.7. The molecule has 1 saturated heterocycles. The molecule has 2 heterocycles. The summed E-state index contributed by atoms with van der Waals surface area (Å²) in [6, 6.07) is 15.3. The molecule has 0 spiro atoms. The molecule has 1 fully saturated rings. The second-order valence-electron chi connectivity index (χ2n) is 7.71. The molecule has 1 aromatic heterocycles. The number of carbonyl (C=O) groups excluding carboxylic acids is 1. The third-order valence-corrected chi connectivity index (χ3v) is 5.70. The maximum absolute atomic E-state index is 13.5. The van der Waals surface area contributed by atoms with E-state index in [1.807, 2.05) is 59.6 Å². The Morgan fingerprint density at radius 3 is 2.43 bits per heavy atom. The van der Waals surface area contributed by atoms with E-state index in [1.165, 1.54) is 0 Å². The molecule has 0 aliphatic carbocycles. The summed E-state index contributed by atoms with van der Waals surface area (Å²) in [5.41, 5.74) is 2.80. The van der Waals surface area contributed by atoms with E-state index < -0.39 is 0 Å². The number of hydrogen-bond donors (Lipinski definition) is 0. The third-order valence-electron chi connectivity index (χ3n) is 5.70. The van der Waals surface area contributed by atoms with Crippen molar-refractivity contribution in [2.45, 2.75) is 19.8 Å². The Labute approximate surface area is 177 Å². The van der Waals surface area contributed by atoms with E-state index in [1.54, 1.807) is 18.9 Å². The second kappa shape index (κ2) is 8.61. The topological polar surface area (TPSA) is 56.6 Å². The van der Waals surface area contributed by atoms with Crippen LogP contribution in [0, 0.1) is 5.92 Å². The molecule has 0 N–H and O–H groups in total. The molecular formula is C24H27N3O3. The first-order chi connectivity index (χ1) is 14.6. The van der Waals surface area contributed by atoms with Gasteiger partial charge < -0.3 is 14.4 Å². The van der Waals surface area contributed by atoms with Crippen molar-refractivity contribution < 1.29 is 14.3 Å². The van der Waals surface area contributed by atoms with Gasteiger partial charge >= 0.3 is 0 Å². The fourth-order valence-electron chi connectivity index (χ4n) is 3.82. The van der Waals surface area contributed by atoms with E-state index in [2.05, 4.69) is 6.92 Å². The summed E-state index contributed by atoms with van der Waals surface area (Å²) in [5, 5.41) is 4.80. The molecule has 156 valence electrons. The highest BCUT2D eigenvalue weighted by atomic mass is 16.5. The number of rotatable bonds is 5. The maximum atomic E-state index is 13.5. The fourth-order valence-corrected chi connectivity index (χ4v) is 3.82. The molecule has 3 aromatic rings. The van der Waals surface area contributed by atoms with Gasteiger partial charge in [-0.25, -0.2) is 4.68 Å². The van der Waals surface area contributed by atoms with Crippen LogP contribution in [0.5, 0.6) is 11.5 Å². The number of likely N-dealkylation sites (tertiary alicyclic amines) is 1. The number of aromatic nitrogens is 2. The zero-order valence-corrected chi connectivity index (χ0v) is 17.7. The smallest absolute Gasteiger partial charge is 0.257 e.